The van der Waals surface area contributed by atoms with Crippen molar-refractivity contribution in [3.8, 4) is 5.75 Å². The molecular weight excluding hydrogens is 290 g/mol. The second-order valence-electron chi connectivity index (χ2n) is 4.93. The Hall–Kier alpha value is -2.15. The normalized spacial score (nSPS) is 11.2. The van der Waals surface area contributed by atoms with Gasteiger partial charge >= 0.3 is 5.69 Å². The van der Waals surface area contributed by atoms with Crippen LogP contribution >= 0.6 is 11.3 Å². The highest BCUT2D eigenvalue weighted by Crippen LogP contribution is 2.38. The molecule has 2 aromatic rings. The molecule has 0 saturated heterocycles. The molecular formula is C14H17N3O3S. The largest absolute Gasteiger partial charge is 0.487 e. The molecule has 1 aromatic carbocycles. The molecule has 0 aliphatic carbocycles. The van der Waals surface area contributed by atoms with Gasteiger partial charge in [0.15, 0.2) is 5.75 Å². The van der Waals surface area contributed by atoms with Crippen LogP contribution in [0.4, 0.5) is 11.4 Å². The van der Waals surface area contributed by atoms with Crippen LogP contribution in [0, 0.1) is 10.1 Å². The van der Waals surface area contributed by atoms with E-state index < -0.39 is 10.5 Å². The summed E-state index contributed by atoms with van der Waals surface area (Å²) in [5, 5.41) is 17.3. The van der Waals surface area contributed by atoms with E-state index in [4.69, 9.17) is 4.74 Å². The van der Waals surface area contributed by atoms with E-state index in [0.717, 1.165) is 5.01 Å². The molecule has 0 unspecified atom stereocenters. The third-order valence-corrected chi connectivity index (χ3v) is 3.99. The average molecular weight is 307 g/mol. The molecule has 0 aliphatic rings. The Kier molecular flexibility index (Phi) is 4.42. The Balaban J connectivity index is 2.40. The van der Waals surface area contributed by atoms with Gasteiger partial charge in [-0.1, -0.05) is 6.07 Å². The van der Waals surface area contributed by atoms with Crippen molar-refractivity contribution in [1.29, 1.82) is 0 Å². The summed E-state index contributed by atoms with van der Waals surface area (Å²) in [4.78, 5) is 15.2. The maximum absolute atomic E-state index is 11.4. The van der Waals surface area contributed by atoms with Gasteiger partial charge in [0.05, 0.1) is 17.1 Å². The zero-order chi connectivity index (χ0) is 15.5. The number of hydrogen-bond donors (Lipinski definition) is 1. The number of nitro groups is 1. The van der Waals surface area contributed by atoms with Crippen LogP contribution in [-0.4, -0.2) is 16.5 Å². The lowest BCUT2D eigenvalue weighted by molar-refractivity contribution is -0.385. The molecule has 0 amide bonds. The van der Waals surface area contributed by atoms with Crippen molar-refractivity contribution in [2.45, 2.75) is 26.3 Å². The van der Waals surface area contributed by atoms with Crippen LogP contribution in [0.1, 0.15) is 25.8 Å². The summed E-state index contributed by atoms with van der Waals surface area (Å²) in [5.41, 5.74) is -0.140. The van der Waals surface area contributed by atoms with Crippen molar-refractivity contribution >= 4 is 22.7 Å². The van der Waals surface area contributed by atoms with Gasteiger partial charge in [-0.2, -0.15) is 0 Å². The van der Waals surface area contributed by atoms with Crippen molar-refractivity contribution in [2.24, 2.45) is 0 Å². The van der Waals surface area contributed by atoms with Crippen LogP contribution in [0.2, 0.25) is 0 Å². The minimum Gasteiger partial charge on any atom is -0.487 e. The predicted molar refractivity (Wildman–Crippen MR) is 83.0 cm³/mol. The van der Waals surface area contributed by atoms with Gasteiger partial charge in [0.2, 0.25) is 0 Å². The number of para-hydroxylation sites is 1. The van der Waals surface area contributed by atoms with Gasteiger partial charge in [0, 0.05) is 11.6 Å². The van der Waals surface area contributed by atoms with Crippen molar-refractivity contribution < 1.29 is 9.66 Å². The lowest BCUT2D eigenvalue weighted by Crippen LogP contribution is -2.28. The molecule has 0 spiro atoms. The summed E-state index contributed by atoms with van der Waals surface area (Å²) in [6.07, 6.45) is 1.72. The summed E-state index contributed by atoms with van der Waals surface area (Å²) in [7, 11) is 0. The van der Waals surface area contributed by atoms with Crippen molar-refractivity contribution in [3.63, 3.8) is 0 Å². The van der Waals surface area contributed by atoms with Gasteiger partial charge in [0.1, 0.15) is 10.7 Å². The third kappa shape index (κ3) is 3.30. The molecule has 21 heavy (non-hydrogen) atoms. The Bertz CT molecular complexity index is 626. The lowest BCUT2D eigenvalue weighted by Gasteiger charge is -2.25. The first kappa shape index (κ1) is 15.2. The Morgan fingerprint density at radius 2 is 2.24 bits per heavy atom. The second-order valence-corrected chi connectivity index (χ2v) is 5.82. The minimum absolute atomic E-state index is 0.0519. The van der Waals surface area contributed by atoms with E-state index in [1.807, 2.05) is 19.2 Å². The number of rotatable bonds is 6. The molecule has 0 bridgehead atoms. The zero-order valence-electron chi connectivity index (χ0n) is 12.1. The first-order chi connectivity index (χ1) is 9.95. The molecule has 2 rings (SSSR count). The number of ether oxygens (including phenoxy) is 1. The summed E-state index contributed by atoms with van der Waals surface area (Å²) in [5.74, 6) is 0.266. The number of thiazole rings is 1. The molecule has 1 N–H and O–H groups in total. The second kappa shape index (κ2) is 6.09. The number of nitrogens with one attached hydrogen (secondary N) is 1. The van der Waals surface area contributed by atoms with E-state index in [-0.39, 0.29) is 11.4 Å². The van der Waals surface area contributed by atoms with Crippen LogP contribution in [-0.2, 0) is 5.54 Å². The maximum atomic E-state index is 11.4. The van der Waals surface area contributed by atoms with Gasteiger partial charge in [-0.25, -0.2) is 4.98 Å². The van der Waals surface area contributed by atoms with E-state index in [9.17, 15) is 10.1 Å². The fraction of sp³-hybridized carbons (Fsp3) is 0.357. The molecule has 112 valence electrons. The molecule has 0 fully saturated rings. The predicted octanol–water partition coefficient (Wildman–Crippen LogP) is 3.80. The SMILES string of the molecule is CCOc1cccc(NC(C)(C)c2nccs2)c1[N+](=O)[O-]. The topological polar surface area (TPSA) is 77.3 Å². The third-order valence-electron chi connectivity index (χ3n) is 2.90. The average Bonchev–Trinajstić information content (AvgIpc) is 2.93. The van der Waals surface area contributed by atoms with Crippen LogP contribution < -0.4 is 10.1 Å². The minimum atomic E-state index is -0.510. The fourth-order valence-electron chi connectivity index (χ4n) is 2.01. The molecule has 0 radical (unpaired) electrons. The number of nitro benzene ring substituents is 1. The monoisotopic (exact) mass is 307 g/mol. The number of benzene rings is 1. The van der Waals surface area contributed by atoms with E-state index in [1.54, 1.807) is 31.3 Å². The first-order valence-electron chi connectivity index (χ1n) is 6.54. The van der Waals surface area contributed by atoms with Crippen LogP contribution in [0.3, 0.4) is 0 Å². The molecule has 0 saturated carbocycles. The standard InChI is InChI=1S/C14H17N3O3S/c1-4-20-11-7-5-6-10(12(11)17(18)19)16-14(2,3)13-15-8-9-21-13/h5-9,16H,4H2,1-3H3. The molecule has 7 heteroatoms. The zero-order valence-corrected chi connectivity index (χ0v) is 12.9. The quantitative estimate of drug-likeness (QED) is 0.649. The van der Waals surface area contributed by atoms with Crippen LogP contribution in [0.5, 0.6) is 5.75 Å². The Morgan fingerprint density at radius 3 is 2.81 bits per heavy atom. The smallest absolute Gasteiger partial charge is 0.333 e. The van der Waals surface area contributed by atoms with Gasteiger partial charge in [-0.05, 0) is 32.9 Å². The summed E-state index contributed by atoms with van der Waals surface area (Å²) in [6.45, 7) is 6.04. The number of aromatic nitrogens is 1. The van der Waals surface area contributed by atoms with E-state index in [2.05, 4.69) is 10.3 Å². The molecule has 1 heterocycles. The molecule has 1 aromatic heterocycles. The molecule has 6 nitrogen and oxygen atoms in total. The van der Waals surface area contributed by atoms with Crippen molar-refractivity contribution in [3.05, 3.63) is 44.9 Å². The number of anilines is 1. The molecule has 0 atom stereocenters. The highest BCUT2D eigenvalue weighted by Gasteiger charge is 2.28. The molecule has 0 aliphatic heterocycles. The fourth-order valence-corrected chi connectivity index (χ4v) is 2.72. The number of nitrogens with zero attached hydrogens (tertiary/aromatic N) is 2. The van der Waals surface area contributed by atoms with Crippen molar-refractivity contribution in [1.82, 2.24) is 4.98 Å². The Morgan fingerprint density at radius 1 is 1.48 bits per heavy atom. The van der Waals surface area contributed by atoms with E-state index in [1.165, 1.54) is 11.3 Å². The Labute approximate surface area is 126 Å². The van der Waals surface area contributed by atoms with E-state index in [0.29, 0.717) is 12.3 Å². The highest BCUT2D eigenvalue weighted by atomic mass is 32.1. The summed E-state index contributed by atoms with van der Waals surface area (Å²) in [6, 6.07) is 5.01. The van der Waals surface area contributed by atoms with Crippen molar-refractivity contribution in [2.75, 3.05) is 11.9 Å². The van der Waals surface area contributed by atoms with Crippen LogP contribution in [0.15, 0.2) is 29.8 Å². The van der Waals surface area contributed by atoms with Gasteiger partial charge < -0.3 is 10.1 Å². The first-order valence-corrected chi connectivity index (χ1v) is 7.42. The summed E-state index contributed by atoms with van der Waals surface area (Å²) < 4.78 is 5.35. The number of hydrogen-bond acceptors (Lipinski definition) is 6. The lowest BCUT2D eigenvalue weighted by atomic mass is 10.1. The summed E-state index contributed by atoms with van der Waals surface area (Å²) >= 11 is 1.50. The highest BCUT2D eigenvalue weighted by molar-refractivity contribution is 7.09. The van der Waals surface area contributed by atoms with E-state index >= 15 is 0 Å². The maximum Gasteiger partial charge on any atom is 0.333 e. The van der Waals surface area contributed by atoms with Crippen LogP contribution in [0.25, 0.3) is 0 Å². The van der Waals surface area contributed by atoms with Gasteiger partial charge in [-0.15, -0.1) is 11.3 Å². The van der Waals surface area contributed by atoms with Gasteiger partial charge in [-0.3, -0.25) is 10.1 Å². The van der Waals surface area contributed by atoms with Gasteiger partial charge in [0.25, 0.3) is 0 Å².